The molecule has 1 aliphatic heterocycles. The second-order valence-electron chi connectivity index (χ2n) is 7.21. The summed E-state index contributed by atoms with van der Waals surface area (Å²) in [7, 11) is -5.52. The summed E-state index contributed by atoms with van der Waals surface area (Å²) in [6.45, 7) is 5.19. The zero-order valence-electron chi connectivity index (χ0n) is 16.5. The second-order valence-corrected chi connectivity index (χ2v) is 8.88. The SMILES string of the molecule is Cc1cc(C(=O)N2CCN(c3ccccc3)CC2C)ccc1NS(=O)(=O)C(F)(F)F. The fourth-order valence-electron chi connectivity index (χ4n) is 3.41. The molecule has 1 N–H and O–H groups in total. The molecule has 1 unspecified atom stereocenters. The van der Waals surface area contributed by atoms with Gasteiger partial charge in [-0.3, -0.25) is 9.52 Å². The number of benzene rings is 2. The number of sulfonamides is 1. The molecule has 0 radical (unpaired) electrons. The zero-order valence-corrected chi connectivity index (χ0v) is 17.3. The van der Waals surface area contributed by atoms with Crippen molar-refractivity contribution in [2.24, 2.45) is 0 Å². The van der Waals surface area contributed by atoms with Gasteiger partial charge in [-0.1, -0.05) is 18.2 Å². The van der Waals surface area contributed by atoms with Gasteiger partial charge in [-0.05, 0) is 49.7 Å². The van der Waals surface area contributed by atoms with E-state index in [0.29, 0.717) is 25.2 Å². The molecule has 0 saturated carbocycles. The van der Waals surface area contributed by atoms with Gasteiger partial charge in [-0.2, -0.15) is 21.6 Å². The highest BCUT2D eigenvalue weighted by Crippen LogP contribution is 2.28. The van der Waals surface area contributed by atoms with Crippen LogP contribution in [-0.4, -0.2) is 50.4 Å². The molecule has 1 atom stereocenters. The van der Waals surface area contributed by atoms with Crippen LogP contribution < -0.4 is 9.62 Å². The van der Waals surface area contributed by atoms with E-state index in [2.05, 4.69) is 4.90 Å². The minimum Gasteiger partial charge on any atom is -0.368 e. The van der Waals surface area contributed by atoms with Crippen LogP contribution in [-0.2, 0) is 10.0 Å². The number of nitrogens with zero attached hydrogens (tertiary/aromatic N) is 2. The summed E-state index contributed by atoms with van der Waals surface area (Å²) < 4.78 is 61.9. The van der Waals surface area contributed by atoms with Crippen LogP contribution in [0.1, 0.15) is 22.8 Å². The van der Waals surface area contributed by atoms with E-state index in [1.165, 1.54) is 29.8 Å². The molecule has 30 heavy (non-hydrogen) atoms. The molecule has 0 spiro atoms. The van der Waals surface area contributed by atoms with Crippen LogP contribution in [0.3, 0.4) is 0 Å². The molecule has 1 heterocycles. The molecule has 1 fully saturated rings. The van der Waals surface area contributed by atoms with Crippen LogP contribution in [0.4, 0.5) is 24.5 Å². The van der Waals surface area contributed by atoms with E-state index in [1.54, 1.807) is 4.90 Å². The molecule has 0 aliphatic carbocycles. The summed E-state index contributed by atoms with van der Waals surface area (Å²) in [6.07, 6.45) is 0. The third kappa shape index (κ3) is 4.53. The van der Waals surface area contributed by atoms with Crippen molar-refractivity contribution in [3.05, 3.63) is 59.7 Å². The number of amides is 1. The first-order chi connectivity index (χ1) is 14.0. The van der Waals surface area contributed by atoms with Crippen LogP contribution in [0, 0.1) is 6.92 Å². The predicted molar refractivity (Wildman–Crippen MR) is 109 cm³/mol. The monoisotopic (exact) mass is 441 g/mol. The number of hydrogen-bond acceptors (Lipinski definition) is 4. The number of nitrogens with one attached hydrogen (secondary N) is 1. The van der Waals surface area contributed by atoms with Gasteiger partial charge in [0.1, 0.15) is 0 Å². The Morgan fingerprint density at radius 2 is 1.77 bits per heavy atom. The number of hydrogen-bond donors (Lipinski definition) is 1. The number of rotatable bonds is 4. The number of halogens is 3. The number of aryl methyl sites for hydroxylation is 1. The Morgan fingerprint density at radius 3 is 2.33 bits per heavy atom. The van der Waals surface area contributed by atoms with Gasteiger partial charge in [0, 0.05) is 36.9 Å². The molecule has 0 bridgehead atoms. The van der Waals surface area contributed by atoms with E-state index in [0.717, 1.165) is 5.69 Å². The third-order valence-electron chi connectivity index (χ3n) is 5.03. The fourth-order valence-corrected chi connectivity index (χ4v) is 4.05. The van der Waals surface area contributed by atoms with Crippen LogP contribution in [0.5, 0.6) is 0 Å². The maximum atomic E-state index is 13.0. The Morgan fingerprint density at radius 1 is 1.10 bits per heavy atom. The lowest BCUT2D eigenvalue weighted by molar-refractivity contribution is -0.0429. The Kier molecular flexibility index (Phi) is 5.98. The van der Waals surface area contributed by atoms with Crippen molar-refractivity contribution >= 4 is 27.3 Å². The molecule has 2 aromatic rings. The Balaban J connectivity index is 1.72. The summed E-state index contributed by atoms with van der Waals surface area (Å²) in [6, 6.07) is 13.7. The first-order valence-electron chi connectivity index (χ1n) is 9.30. The normalized spacial score (nSPS) is 17.7. The number of para-hydroxylation sites is 1. The standard InChI is InChI=1S/C20H22F3N3O3S/c1-14-12-16(8-9-18(14)24-30(28,29)20(21,22)23)19(27)26-11-10-25(13-15(26)2)17-6-4-3-5-7-17/h3-9,12,15,24H,10-11,13H2,1-2H3. The molecule has 6 nitrogen and oxygen atoms in total. The summed E-state index contributed by atoms with van der Waals surface area (Å²) in [5, 5.41) is 0. The van der Waals surface area contributed by atoms with Gasteiger partial charge in [0.25, 0.3) is 5.91 Å². The first-order valence-corrected chi connectivity index (χ1v) is 10.8. The molecule has 10 heteroatoms. The second kappa shape index (κ2) is 8.17. The van der Waals surface area contributed by atoms with Gasteiger partial charge < -0.3 is 9.80 Å². The van der Waals surface area contributed by atoms with Crippen LogP contribution in [0.15, 0.2) is 48.5 Å². The van der Waals surface area contributed by atoms with Gasteiger partial charge in [0.15, 0.2) is 0 Å². The summed E-state index contributed by atoms with van der Waals surface area (Å²) >= 11 is 0. The molecule has 3 rings (SSSR count). The van der Waals surface area contributed by atoms with Gasteiger partial charge in [-0.25, -0.2) is 0 Å². The van der Waals surface area contributed by atoms with Gasteiger partial charge in [0.2, 0.25) is 0 Å². The molecule has 1 amide bonds. The maximum Gasteiger partial charge on any atom is 0.516 e. The van der Waals surface area contributed by atoms with Crippen LogP contribution in [0.25, 0.3) is 0 Å². The zero-order chi connectivity index (χ0) is 22.1. The van der Waals surface area contributed by atoms with Crippen molar-refractivity contribution in [1.29, 1.82) is 0 Å². The number of carbonyl (C=O) groups is 1. The molecule has 1 saturated heterocycles. The number of alkyl halides is 3. The maximum absolute atomic E-state index is 13.0. The van der Waals surface area contributed by atoms with Gasteiger partial charge in [0.05, 0.1) is 5.69 Å². The number of anilines is 2. The minimum atomic E-state index is -5.52. The quantitative estimate of drug-likeness (QED) is 0.787. The van der Waals surface area contributed by atoms with Gasteiger partial charge >= 0.3 is 15.5 Å². The van der Waals surface area contributed by atoms with Crippen molar-refractivity contribution < 1.29 is 26.4 Å². The van der Waals surface area contributed by atoms with Crippen molar-refractivity contribution in [3.8, 4) is 0 Å². The first kappa shape index (κ1) is 21.9. The molecule has 2 aromatic carbocycles. The lowest BCUT2D eigenvalue weighted by Crippen LogP contribution is -2.54. The Bertz CT molecular complexity index is 1030. The average Bonchev–Trinajstić information content (AvgIpc) is 2.68. The number of carbonyl (C=O) groups excluding carboxylic acids is 1. The van der Waals surface area contributed by atoms with Gasteiger partial charge in [-0.15, -0.1) is 0 Å². The molecule has 1 aliphatic rings. The average molecular weight is 441 g/mol. The van der Waals surface area contributed by atoms with E-state index < -0.39 is 15.5 Å². The van der Waals surface area contributed by atoms with E-state index >= 15 is 0 Å². The summed E-state index contributed by atoms with van der Waals surface area (Å²) in [5.74, 6) is -0.247. The van der Waals surface area contributed by atoms with Crippen molar-refractivity contribution in [2.75, 3.05) is 29.3 Å². The third-order valence-corrected chi connectivity index (χ3v) is 6.13. The summed E-state index contributed by atoms with van der Waals surface area (Å²) in [5.41, 5.74) is -4.03. The van der Waals surface area contributed by atoms with Crippen molar-refractivity contribution in [1.82, 2.24) is 4.90 Å². The fraction of sp³-hybridized carbons (Fsp3) is 0.350. The Hall–Kier alpha value is -2.75. The Labute approximate surface area is 173 Å². The number of piperazine rings is 1. The highest BCUT2D eigenvalue weighted by molar-refractivity contribution is 7.93. The van der Waals surface area contributed by atoms with Crippen molar-refractivity contribution in [3.63, 3.8) is 0 Å². The van der Waals surface area contributed by atoms with E-state index in [9.17, 15) is 26.4 Å². The smallest absolute Gasteiger partial charge is 0.368 e. The predicted octanol–water partition coefficient (Wildman–Crippen LogP) is 3.61. The van der Waals surface area contributed by atoms with E-state index in [-0.39, 0.29) is 23.2 Å². The topological polar surface area (TPSA) is 69.7 Å². The largest absolute Gasteiger partial charge is 0.516 e. The molecule has 162 valence electrons. The summed E-state index contributed by atoms with van der Waals surface area (Å²) in [4.78, 5) is 16.9. The minimum absolute atomic E-state index is 0.0739. The molecule has 0 aromatic heterocycles. The highest BCUT2D eigenvalue weighted by atomic mass is 32.2. The van der Waals surface area contributed by atoms with E-state index in [4.69, 9.17) is 0 Å². The molecular formula is C20H22F3N3O3S. The molecular weight excluding hydrogens is 419 g/mol. The van der Waals surface area contributed by atoms with Crippen LogP contribution >= 0.6 is 0 Å². The van der Waals surface area contributed by atoms with Crippen LogP contribution in [0.2, 0.25) is 0 Å². The van der Waals surface area contributed by atoms with E-state index in [1.807, 2.05) is 37.3 Å². The highest BCUT2D eigenvalue weighted by Gasteiger charge is 2.46. The lowest BCUT2D eigenvalue weighted by Gasteiger charge is -2.41. The lowest BCUT2D eigenvalue weighted by atomic mass is 10.1. The van der Waals surface area contributed by atoms with Crippen molar-refractivity contribution in [2.45, 2.75) is 25.4 Å².